The maximum atomic E-state index is 12.8. The van der Waals surface area contributed by atoms with Crippen LogP contribution in [0, 0.1) is 13.8 Å². The van der Waals surface area contributed by atoms with Crippen molar-refractivity contribution >= 4 is 0 Å². The van der Waals surface area contributed by atoms with Crippen molar-refractivity contribution in [3.8, 4) is 0 Å². The zero-order chi connectivity index (χ0) is 12.3. The van der Waals surface area contributed by atoms with Gasteiger partial charge in [0, 0.05) is 0 Å². The molecule has 0 saturated heterocycles. The highest BCUT2D eigenvalue weighted by molar-refractivity contribution is 5.33. The fraction of sp³-hybridized carbons (Fsp3) is 0.500. The molecule has 1 unspecified atom stereocenters. The highest BCUT2D eigenvalue weighted by atomic mass is 19.4. The molecule has 0 saturated carbocycles. The summed E-state index contributed by atoms with van der Waals surface area (Å²) in [5.74, 6) is 0. The Labute approximate surface area is 93.7 Å². The van der Waals surface area contributed by atoms with Gasteiger partial charge >= 0.3 is 6.18 Å². The normalized spacial score (nSPS) is 13.9. The zero-order valence-corrected chi connectivity index (χ0v) is 9.65. The van der Waals surface area contributed by atoms with E-state index >= 15 is 0 Å². The first-order valence-electron chi connectivity index (χ1n) is 5.23. The SMILES string of the molecule is CCNC(c1ccc(C)cc1C)C(F)(F)F. The third-order valence-corrected chi connectivity index (χ3v) is 2.47. The average molecular weight is 231 g/mol. The van der Waals surface area contributed by atoms with E-state index in [0.29, 0.717) is 11.1 Å². The van der Waals surface area contributed by atoms with Gasteiger partial charge < -0.3 is 5.32 Å². The molecule has 0 fully saturated rings. The lowest BCUT2D eigenvalue weighted by molar-refractivity contribution is -0.157. The summed E-state index contributed by atoms with van der Waals surface area (Å²) in [7, 11) is 0. The molecule has 1 nitrogen and oxygen atoms in total. The Morgan fingerprint density at radius 1 is 1.25 bits per heavy atom. The van der Waals surface area contributed by atoms with Gasteiger partial charge in [-0.25, -0.2) is 0 Å². The summed E-state index contributed by atoms with van der Waals surface area (Å²) < 4.78 is 38.4. The number of halogens is 3. The van der Waals surface area contributed by atoms with Gasteiger partial charge in [-0.3, -0.25) is 0 Å². The second-order valence-corrected chi connectivity index (χ2v) is 3.89. The molecule has 1 aromatic carbocycles. The number of hydrogen-bond acceptors (Lipinski definition) is 1. The molecule has 0 bridgehead atoms. The van der Waals surface area contributed by atoms with Crippen molar-refractivity contribution < 1.29 is 13.2 Å². The van der Waals surface area contributed by atoms with E-state index in [9.17, 15) is 13.2 Å². The molecule has 90 valence electrons. The summed E-state index contributed by atoms with van der Waals surface area (Å²) in [5, 5.41) is 2.47. The molecule has 0 aromatic heterocycles. The monoisotopic (exact) mass is 231 g/mol. The van der Waals surface area contributed by atoms with Crippen molar-refractivity contribution in [1.82, 2.24) is 5.32 Å². The molecule has 0 aliphatic rings. The molecule has 0 amide bonds. The molecule has 0 aliphatic carbocycles. The third-order valence-electron chi connectivity index (χ3n) is 2.47. The molecule has 1 aromatic rings. The lowest BCUT2D eigenvalue weighted by atomic mass is 9.99. The molecule has 1 N–H and O–H groups in total. The third kappa shape index (κ3) is 2.98. The highest BCUT2D eigenvalue weighted by Gasteiger charge is 2.40. The van der Waals surface area contributed by atoms with Crippen LogP contribution in [0.15, 0.2) is 18.2 Å². The van der Waals surface area contributed by atoms with E-state index in [2.05, 4.69) is 5.32 Å². The second-order valence-electron chi connectivity index (χ2n) is 3.89. The summed E-state index contributed by atoms with van der Waals surface area (Å²) in [6.45, 7) is 5.53. The number of alkyl halides is 3. The maximum Gasteiger partial charge on any atom is 0.407 e. The first kappa shape index (κ1) is 13.0. The number of nitrogens with one attached hydrogen (secondary N) is 1. The van der Waals surface area contributed by atoms with Crippen molar-refractivity contribution in [2.24, 2.45) is 0 Å². The molecule has 4 heteroatoms. The Morgan fingerprint density at radius 3 is 2.31 bits per heavy atom. The van der Waals surface area contributed by atoms with Gasteiger partial charge in [0.1, 0.15) is 6.04 Å². The zero-order valence-electron chi connectivity index (χ0n) is 9.65. The Balaban J connectivity index is 3.11. The van der Waals surface area contributed by atoms with Gasteiger partial charge in [0.05, 0.1) is 0 Å². The van der Waals surface area contributed by atoms with E-state index in [1.54, 1.807) is 32.0 Å². The molecule has 16 heavy (non-hydrogen) atoms. The van der Waals surface area contributed by atoms with Crippen LogP contribution in [0.1, 0.15) is 29.7 Å². The molecule has 0 aliphatic heterocycles. The highest BCUT2D eigenvalue weighted by Crippen LogP contribution is 2.34. The summed E-state index contributed by atoms with van der Waals surface area (Å²) >= 11 is 0. The lowest BCUT2D eigenvalue weighted by Crippen LogP contribution is -2.34. The predicted molar refractivity (Wildman–Crippen MR) is 58.4 cm³/mol. The van der Waals surface area contributed by atoms with Gasteiger partial charge in [-0.05, 0) is 31.5 Å². The topological polar surface area (TPSA) is 12.0 Å². The van der Waals surface area contributed by atoms with Crippen LogP contribution < -0.4 is 5.32 Å². The van der Waals surface area contributed by atoms with Crippen LogP contribution in [0.3, 0.4) is 0 Å². The molecular weight excluding hydrogens is 215 g/mol. The fourth-order valence-electron chi connectivity index (χ4n) is 1.76. The molecule has 0 spiro atoms. The standard InChI is InChI=1S/C12H16F3N/c1-4-16-11(12(13,14)15)10-6-5-8(2)7-9(10)3/h5-7,11,16H,4H2,1-3H3. The Hall–Kier alpha value is -1.03. The van der Waals surface area contributed by atoms with Gasteiger partial charge in [0.2, 0.25) is 0 Å². The van der Waals surface area contributed by atoms with Crippen molar-refractivity contribution in [1.29, 1.82) is 0 Å². The minimum atomic E-state index is -4.25. The van der Waals surface area contributed by atoms with Crippen LogP contribution in [0.25, 0.3) is 0 Å². The number of benzene rings is 1. The Kier molecular flexibility index (Phi) is 3.97. The van der Waals surface area contributed by atoms with Gasteiger partial charge in [0.25, 0.3) is 0 Å². The number of hydrogen-bond donors (Lipinski definition) is 1. The van der Waals surface area contributed by atoms with Crippen molar-refractivity contribution in [2.75, 3.05) is 6.54 Å². The van der Waals surface area contributed by atoms with E-state index in [1.807, 2.05) is 6.92 Å². The number of rotatable bonds is 3. The second kappa shape index (κ2) is 4.87. The van der Waals surface area contributed by atoms with Crippen LogP contribution in [0.5, 0.6) is 0 Å². The smallest absolute Gasteiger partial charge is 0.303 e. The van der Waals surface area contributed by atoms with Crippen LogP contribution in [-0.4, -0.2) is 12.7 Å². The lowest BCUT2D eigenvalue weighted by Gasteiger charge is -2.23. The van der Waals surface area contributed by atoms with E-state index in [0.717, 1.165) is 5.56 Å². The maximum absolute atomic E-state index is 12.8. The molecular formula is C12H16F3N. The van der Waals surface area contributed by atoms with Crippen LogP contribution in [0.4, 0.5) is 13.2 Å². The minimum Gasteiger partial charge on any atom is -0.303 e. The van der Waals surface area contributed by atoms with E-state index in [4.69, 9.17) is 0 Å². The van der Waals surface area contributed by atoms with Crippen molar-refractivity contribution in [3.63, 3.8) is 0 Å². The predicted octanol–water partition coefficient (Wildman–Crippen LogP) is 3.52. The largest absolute Gasteiger partial charge is 0.407 e. The minimum absolute atomic E-state index is 0.289. The van der Waals surface area contributed by atoms with Gasteiger partial charge in [-0.15, -0.1) is 0 Å². The molecule has 1 rings (SSSR count). The molecule has 1 atom stereocenters. The summed E-state index contributed by atoms with van der Waals surface area (Å²) in [4.78, 5) is 0. The summed E-state index contributed by atoms with van der Waals surface area (Å²) in [5.41, 5.74) is 1.95. The molecule has 0 radical (unpaired) electrons. The Morgan fingerprint density at radius 2 is 1.88 bits per heavy atom. The van der Waals surface area contributed by atoms with E-state index in [-0.39, 0.29) is 6.54 Å². The van der Waals surface area contributed by atoms with Gasteiger partial charge in [0.15, 0.2) is 0 Å². The van der Waals surface area contributed by atoms with Gasteiger partial charge in [-0.1, -0.05) is 30.7 Å². The number of aryl methyl sites for hydroxylation is 2. The summed E-state index contributed by atoms with van der Waals surface area (Å²) in [6, 6.07) is 3.45. The first-order chi connectivity index (χ1) is 7.36. The average Bonchev–Trinajstić information content (AvgIpc) is 2.13. The Bertz CT molecular complexity index is 358. The summed E-state index contributed by atoms with van der Waals surface area (Å²) in [6.07, 6.45) is -4.25. The van der Waals surface area contributed by atoms with Crippen LogP contribution in [-0.2, 0) is 0 Å². The quantitative estimate of drug-likeness (QED) is 0.839. The fourth-order valence-corrected chi connectivity index (χ4v) is 1.76. The first-order valence-corrected chi connectivity index (χ1v) is 5.23. The van der Waals surface area contributed by atoms with E-state index < -0.39 is 12.2 Å². The van der Waals surface area contributed by atoms with Crippen molar-refractivity contribution in [3.05, 3.63) is 34.9 Å². The van der Waals surface area contributed by atoms with E-state index in [1.165, 1.54) is 0 Å². The molecule has 0 heterocycles. The van der Waals surface area contributed by atoms with Crippen LogP contribution >= 0.6 is 0 Å². The van der Waals surface area contributed by atoms with Crippen molar-refractivity contribution in [2.45, 2.75) is 33.0 Å². The van der Waals surface area contributed by atoms with Crippen LogP contribution in [0.2, 0.25) is 0 Å². The van der Waals surface area contributed by atoms with Gasteiger partial charge in [-0.2, -0.15) is 13.2 Å².